The molecule has 0 bridgehead atoms. The van der Waals surface area contributed by atoms with Crippen LogP contribution in [-0.4, -0.2) is 50.1 Å². The molecule has 4 aromatic rings. The van der Waals surface area contributed by atoms with Gasteiger partial charge in [0, 0.05) is 24.0 Å². The molecule has 206 valence electrons. The number of nitrogens with one attached hydrogen (secondary N) is 3. The summed E-state index contributed by atoms with van der Waals surface area (Å²) in [6.45, 7) is 2.35. The van der Waals surface area contributed by atoms with Gasteiger partial charge in [0.25, 0.3) is 0 Å². The maximum atomic E-state index is 13.7. The van der Waals surface area contributed by atoms with Crippen molar-refractivity contribution < 1.29 is 23.5 Å². The van der Waals surface area contributed by atoms with Crippen LogP contribution in [0, 0.1) is 11.2 Å². The van der Waals surface area contributed by atoms with E-state index < -0.39 is 17.7 Å². The summed E-state index contributed by atoms with van der Waals surface area (Å²) in [7, 11) is 0. The van der Waals surface area contributed by atoms with Crippen LogP contribution in [0.25, 0.3) is 22.6 Å². The highest BCUT2D eigenvalue weighted by Crippen LogP contribution is 2.36. The van der Waals surface area contributed by atoms with Crippen molar-refractivity contribution in [3.63, 3.8) is 0 Å². The number of rotatable bonds is 9. The lowest BCUT2D eigenvalue weighted by atomic mass is 9.92. The molecule has 1 aliphatic heterocycles. The van der Waals surface area contributed by atoms with Crippen molar-refractivity contribution in [2.45, 2.75) is 38.6 Å². The van der Waals surface area contributed by atoms with Crippen LogP contribution >= 0.6 is 0 Å². The van der Waals surface area contributed by atoms with Gasteiger partial charge >= 0.3 is 5.97 Å². The standard InChI is InChI=1S/C28H28FN7O4/c1-28(26(37)40-36-19-9-10-19)15-38-25(39-16-28)24-34-22(17-5-7-18(29)8-6-17)23(35-24)21-11-13-31-27(33-21)32-14-20-4-2-3-12-30-20/h2-8,11-13,19,25,36H,9-10,14-16H2,1H3,(H,34,35)(H,31,32,33). The van der Waals surface area contributed by atoms with Gasteiger partial charge in [0.2, 0.25) is 12.2 Å². The molecule has 6 rings (SSSR count). The highest BCUT2D eigenvalue weighted by Gasteiger charge is 2.43. The third kappa shape index (κ3) is 5.83. The molecule has 0 atom stereocenters. The molecule has 2 aliphatic rings. The Hall–Kier alpha value is -4.26. The van der Waals surface area contributed by atoms with Crippen molar-refractivity contribution in [1.29, 1.82) is 0 Å². The third-order valence-electron chi connectivity index (χ3n) is 6.62. The molecule has 12 heteroatoms. The number of benzene rings is 1. The van der Waals surface area contributed by atoms with Gasteiger partial charge < -0.3 is 24.6 Å². The summed E-state index contributed by atoms with van der Waals surface area (Å²) in [6, 6.07) is 13.7. The molecule has 0 radical (unpaired) electrons. The van der Waals surface area contributed by atoms with Gasteiger partial charge in [0.05, 0.1) is 42.5 Å². The zero-order valence-electron chi connectivity index (χ0n) is 21.8. The Balaban J connectivity index is 1.23. The normalized spacial score (nSPS) is 20.7. The number of ether oxygens (including phenoxy) is 2. The van der Waals surface area contributed by atoms with Gasteiger partial charge in [-0.2, -0.15) is 5.48 Å². The lowest BCUT2D eigenvalue weighted by molar-refractivity contribution is -0.241. The third-order valence-corrected chi connectivity index (χ3v) is 6.62. The summed E-state index contributed by atoms with van der Waals surface area (Å²) < 4.78 is 25.6. The Bertz CT molecular complexity index is 1470. The maximum Gasteiger partial charge on any atom is 0.335 e. The Morgan fingerprint density at radius 1 is 1.07 bits per heavy atom. The topological polar surface area (TPSA) is 136 Å². The van der Waals surface area contributed by atoms with Crippen LogP contribution in [0.2, 0.25) is 0 Å². The van der Waals surface area contributed by atoms with E-state index in [1.165, 1.54) is 12.1 Å². The summed E-state index contributed by atoms with van der Waals surface area (Å²) in [5.41, 5.74) is 5.01. The molecule has 1 aliphatic carbocycles. The molecule has 1 saturated heterocycles. The van der Waals surface area contributed by atoms with E-state index in [-0.39, 0.29) is 25.1 Å². The predicted octanol–water partition coefficient (Wildman–Crippen LogP) is 3.94. The molecule has 1 aromatic carbocycles. The van der Waals surface area contributed by atoms with Crippen LogP contribution in [0.4, 0.5) is 10.3 Å². The minimum absolute atomic E-state index is 0.0832. The van der Waals surface area contributed by atoms with Crippen molar-refractivity contribution in [3.8, 4) is 22.6 Å². The summed E-state index contributed by atoms with van der Waals surface area (Å²) in [5.74, 6) is 0.00756. The van der Waals surface area contributed by atoms with Gasteiger partial charge in [0.15, 0.2) is 5.82 Å². The highest BCUT2D eigenvalue weighted by molar-refractivity contribution is 5.77. The second-order valence-electron chi connectivity index (χ2n) is 10.1. The van der Waals surface area contributed by atoms with Crippen LogP contribution in [0.5, 0.6) is 0 Å². The van der Waals surface area contributed by atoms with Gasteiger partial charge in [0.1, 0.15) is 11.2 Å². The number of imidazole rings is 1. The minimum Gasteiger partial charge on any atom is -0.370 e. The average Bonchev–Trinajstić information content (AvgIpc) is 3.72. The SMILES string of the molecule is CC1(C(=O)ONC2CC2)COC(c2nc(-c3ccc(F)cc3)c(-c3ccnc(NCc4ccccn4)n3)[nH]2)OC1. The molecule has 1 saturated carbocycles. The molecular formula is C28H28FN7O4. The predicted molar refractivity (Wildman–Crippen MR) is 142 cm³/mol. The van der Waals surface area contributed by atoms with E-state index in [1.54, 1.807) is 37.5 Å². The number of hydroxylamine groups is 1. The number of H-pyrrole nitrogens is 1. The monoisotopic (exact) mass is 545 g/mol. The number of aromatic nitrogens is 5. The number of carbonyl (C=O) groups excluding carboxylic acids is 1. The molecule has 3 N–H and O–H groups in total. The van der Waals surface area contributed by atoms with E-state index in [0.29, 0.717) is 41.0 Å². The van der Waals surface area contributed by atoms with E-state index >= 15 is 0 Å². The summed E-state index contributed by atoms with van der Waals surface area (Å²) >= 11 is 0. The highest BCUT2D eigenvalue weighted by atomic mass is 19.1. The Morgan fingerprint density at radius 3 is 2.60 bits per heavy atom. The number of hydrogen-bond donors (Lipinski definition) is 3. The zero-order chi connectivity index (χ0) is 27.5. The van der Waals surface area contributed by atoms with Crippen molar-refractivity contribution in [2.75, 3.05) is 18.5 Å². The quantitative estimate of drug-likeness (QED) is 0.265. The minimum atomic E-state index is -0.964. The number of anilines is 1. The summed E-state index contributed by atoms with van der Waals surface area (Å²) in [5, 5.41) is 3.18. The second-order valence-corrected chi connectivity index (χ2v) is 10.1. The molecule has 0 spiro atoms. The lowest BCUT2D eigenvalue weighted by Crippen LogP contribution is -2.45. The Morgan fingerprint density at radius 2 is 1.88 bits per heavy atom. The maximum absolute atomic E-state index is 13.7. The van der Waals surface area contributed by atoms with E-state index in [9.17, 15) is 9.18 Å². The molecule has 2 fully saturated rings. The fourth-order valence-corrected chi connectivity index (χ4v) is 4.11. The first kappa shape index (κ1) is 26.0. The van der Waals surface area contributed by atoms with E-state index in [1.807, 2.05) is 18.2 Å². The molecule has 4 heterocycles. The van der Waals surface area contributed by atoms with Crippen molar-refractivity contribution in [1.82, 2.24) is 30.4 Å². The van der Waals surface area contributed by atoms with Gasteiger partial charge in [-0.3, -0.25) is 4.98 Å². The van der Waals surface area contributed by atoms with Gasteiger partial charge in [-0.1, -0.05) is 6.07 Å². The lowest BCUT2D eigenvalue weighted by Gasteiger charge is -2.34. The van der Waals surface area contributed by atoms with Crippen molar-refractivity contribution >= 4 is 11.9 Å². The number of aromatic amines is 1. The number of hydrogen-bond acceptors (Lipinski definition) is 10. The molecular weight excluding hydrogens is 517 g/mol. The molecule has 0 unspecified atom stereocenters. The smallest absolute Gasteiger partial charge is 0.335 e. The second kappa shape index (κ2) is 11.1. The number of carbonyl (C=O) groups is 1. The van der Waals surface area contributed by atoms with Gasteiger partial charge in [-0.15, -0.1) is 0 Å². The van der Waals surface area contributed by atoms with E-state index in [2.05, 4.69) is 30.7 Å². The van der Waals surface area contributed by atoms with Crippen molar-refractivity contribution in [3.05, 3.63) is 78.3 Å². The number of pyridine rings is 1. The van der Waals surface area contributed by atoms with Crippen LogP contribution in [0.3, 0.4) is 0 Å². The average molecular weight is 546 g/mol. The fourth-order valence-electron chi connectivity index (χ4n) is 4.11. The van der Waals surface area contributed by atoms with Gasteiger partial charge in [-0.25, -0.2) is 24.1 Å². The molecule has 0 amide bonds. The molecule has 11 nitrogen and oxygen atoms in total. The Kier molecular flexibility index (Phi) is 7.20. The fraction of sp³-hybridized carbons (Fsp3) is 0.321. The van der Waals surface area contributed by atoms with E-state index in [0.717, 1.165) is 18.5 Å². The first-order valence-corrected chi connectivity index (χ1v) is 13.0. The van der Waals surface area contributed by atoms with Gasteiger partial charge in [-0.05, 0) is 62.2 Å². The first-order valence-electron chi connectivity index (χ1n) is 13.0. The van der Waals surface area contributed by atoms with Crippen LogP contribution < -0.4 is 10.8 Å². The van der Waals surface area contributed by atoms with Crippen LogP contribution in [0.15, 0.2) is 60.9 Å². The number of nitrogens with zero attached hydrogens (tertiary/aromatic N) is 4. The molecule has 40 heavy (non-hydrogen) atoms. The van der Waals surface area contributed by atoms with Crippen LogP contribution in [-0.2, 0) is 25.7 Å². The van der Waals surface area contributed by atoms with Crippen LogP contribution in [0.1, 0.15) is 37.6 Å². The first-order chi connectivity index (χ1) is 19.5. The molecule has 3 aromatic heterocycles. The number of halogens is 1. The zero-order valence-corrected chi connectivity index (χ0v) is 21.8. The largest absolute Gasteiger partial charge is 0.370 e. The Labute approximate surface area is 229 Å². The summed E-state index contributed by atoms with van der Waals surface area (Å²) in [6.07, 6.45) is 4.49. The van der Waals surface area contributed by atoms with E-state index in [4.69, 9.17) is 19.3 Å². The van der Waals surface area contributed by atoms with Crippen molar-refractivity contribution in [2.24, 2.45) is 5.41 Å². The summed E-state index contributed by atoms with van der Waals surface area (Å²) in [4.78, 5) is 39.1.